The molecular weight excluding hydrogens is 809 g/mol. The van der Waals surface area contributed by atoms with Crippen LogP contribution in [-0.4, -0.2) is 19.1 Å². The van der Waals surface area contributed by atoms with Crippen molar-refractivity contribution in [2.45, 2.75) is 0 Å². The van der Waals surface area contributed by atoms with Crippen LogP contribution in [0.4, 0.5) is 0 Å². The van der Waals surface area contributed by atoms with Gasteiger partial charge in [0.15, 0.2) is 5.82 Å². The van der Waals surface area contributed by atoms with E-state index in [0.29, 0.717) is 5.82 Å². The van der Waals surface area contributed by atoms with E-state index in [-0.39, 0.29) is 0 Å². The van der Waals surface area contributed by atoms with Crippen LogP contribution in [0.3, 0.4) is 0 Å². The normalized spacial score (nSPS) is 12.3. The molecule has 300 valence electrons. The zero-order valence-electron chi connectivity index (χ0n) is 34.8. The molecule has 0 fully saturated rings. The fourth-order valence-electron chi connectivity index (χ4n) is 11.0. The molecule has 0 unspecified atom stereocenters. The van der Waals surface area contributed by atoms with Crippen LogP contribution in [0.2, 0.25) is 0 Å². The third-order valence-corrected chi connectivity index (χ3v) is 15.0. The van der Waals surface area contributed by atoms with Crippen LogP contribution in [0.25, 0.3) is 141 Å². The zero-order chi connectivity index (χ0) is 42.3. The summed E-state index contributed by atoms with van der Waals surface area (Å²) in [7, 11) is 0. The van der Waals surface area contributed by atoms with Crippen molar-refractivity contribution in [3.63, 3.8) is 0 Å². The number of rotatable bonds is 4. The summed E-state index contributed by atoms with van der Waals surface area (Å²) in [5.41, 5.74) is 10.8. The molecule has 0 bridgehead atoms. The molecule has 0 radical (unpaired) electrons. The first-order valence-corrected chi connectivity index (χ1v) is 23.0. The van der Waals surface area contributed by atoms with Crippen molar-refractivity contribution in [1.29, 1.82) is 0 Å². The lowest BCUT2D eigenvalue weighted by Crippen LogP contribution is -1.99. The Balaban J connectivity index is 1.02. The van der Waals surface area contributed by atoms with Gasteiger partial charge < -0.3 is 9.13 Å². The molecule has 11 aromatic carbocycles. The number of hydrogen-bond donors (Lipinski definition) is 0. The summed E-state index contributed by atoms with van der Waals surface area (Å²) in [4.78, 5) is 11.1. The lowest BCUT2D eigenvalue weighted by molar-refractivity contribution is 1.18. The largest absolute Gasteiger partial charge is 0.309 e. The Morgan fingerprint density at radius 2 is 1.02 bits per heavy atom. The number of nitrogens with zero attached hydrogens (tertiary/aromatic N) is 4. The molecule has 0 aliphatic rings. The fourth-order valence-corrected chi connectivity index (χ4v) is 12.2. The van der Waals surface area contributed by atoms with Crippen molar-refractivity contribution in [3.8, 4) is 34.0 Å². The molecule has 0 saturated carbocycles. The molecule has 0 aliphatic carbocycles. The highest BCUT2D eigenvalue weighted by molar-refractivity contribution is 7.26. The van der Waals surface area contributed by atoms with E-state index in [2.05, 4.69) is 215 Å². The van der Waals surface area contributed by atoms with Gasteiger partial charge in [0.05, 0.1) is 33.3 Å². The predicted molar refractivity (Wildman–Crippen MR) is 276 cm³/mol. The van der Waals surface area contributed by atoms with E-state index in [9.17, 15) is 0 Å². The van der Waals surface area contributed by atoms with Gasteiger partial charge in [0.1, 0.15) is 0 Å². The van der Waals surface area contributed by atoms with E-state index >= 15 is 0 Å². The molecule has 0 amide bonds. The number of benzene rings is 11. The van der Waals surface area contributed by atoms with E-state index in [4.69, 9.17) is 9.97 Å². The lowest BCUT2D eigenvalue weighted by atomic mass is 9.92. The zero-order valence-corrected chi connectivity index (χ0v) is 35.6. The monoisotopic (exact) mass is 842 g/mol. The van der Waals surface area contributed by atoms with E-state index in [0.717, 1.165) is 44.6 Å². The summed E-state index contributed by atoms with van der Waals surface area (Å²) >= 11 is 1.82. The summed E-state index contributed by atoms with van der Waals surface area (Å²) in [6, 6.07) is 75.3. The van der Waals surface area contributed by atoms with Crippen LogP contribution in [0.15, 0.2) is 206 Å². The van der Waals surface area contributed by atoms with Gasteiger partial charge in [0.2, 0.25) is 0 Å². The summed E-state index contributed by atoms with van der Waals surface area (Å²) in [5, 5.41) is 16.2. The average molecular weight is 843 g/mol. The second-order valence-corrected chi connectivity index (χ2v) is 18.3. The Hall–Kier alpha value is -8.38. The molecule has 0 spiro atoms. The quantitative estimate of drug-likeness (QED) is 0.166. The van der Waals surface area contributed by atoms with E-state index in [1.165, 1.54) is 90.6 Å². The van der Waals surface area contributed by atoms with E-state index in [1.807, 2.05) is 11.3 Å². The summed E-state index contributed by atoms with van der Waals surface area (Å²) in [6.45, 7) is 0. The molecule has 15 aromatic rings. The molecule has 0 N–H and O–H groups in total. The molecule has 4 aromatic heterocycles. The topological polar surface area (TPSA) is 35.6 Å². The minimum absolute atomic E-state index is 0.712. The molecule has 0 aliphatic heterocycles. The first-order chi connectivity index (χ1) is 32.2. The maximum Gasteiger partial charge on any atom is 0.161 e. The van der Waals surface area contributed by atoms with Crippen molar-refractivity contribution < 1.29 is 0 Å². The Morgan fingerprint density at radius 1 is 0.354 bits per heavy atom. The highest BCUT2D eigenvalue weighted by Crippen LogP contribution is 2.46. The fraction of sp³-hybridized carbons (Fsp3) is 0. The first kappa shape index (κ1) is 35.1. The highest BCUT2D eigenvalue weighted by atomic mass is 32.1. The molecule has 0 saturated heterocycles. The van der Waals surface area contributed by atoms with Gasteiger partial charge in [-0.1, -0.05) is 146 Å². The number of thiophene rings is 1. The Morgan fingerprint density at radius 3 is 1.88 bits per heavy atom. The van der Waals surface area contributed by atoms with Crippen LogP contribution in [0.5, 0.6) is 0 Å². The van der Waals surface area contributed by atoms with Gasteiger partial charge in [-0.05, 0) is 93.0 Å². The van der Waals surface area contributed by atoms with Crippen molar-refractivity contribution in [2.24, 2.45) is 0 Å². The second kappa shape index (κ2) is 13.1. The van der Waals surface area contributed by atoms with Gasteiger partial charge in [0, 0.05) is 69.6 Å². The first-order valence-electron chi connectivity index (χ1n) is 22.1. The van der Waals surface area contributed by atoms with Gasteiger partial charge >= 0.3 is 0 Å². The van der Waals surface area contributed by atoms with Crippen molar-refractivity contribution >= 4 is 118 Å². The Kier molecular flexibility index (Phi) is 7.07. The third kappa shape index (κ3) is 4.90. The molecule has 65 heavy (non-hydrogen) atoms. The lowest BCUT2D eigenvalue weighted by Gasteiger charge is -2.15. The number of hydrogen-bond acceptors (Lipinski definition) is 3. The summed E-state index contributed by atoms with van der Waals surface area (Å²) in [5.74, 6) is 0.712. The molecule has 4 heterocycles. The SMILES string of the molecule is c1ccc(-n2c3ccccc3c3ccc(-c4nc(-c5cc(-n6c7ccccc7c7c8ccc9cccc%10ccc(cc76)c8c%109)cc6c5sc5ccccc56)nc5ccccc45)cc32)cc1. The smallest absolute Gasteiger partial charge is 0.161 e. The van der Waals surface area contributed by atoms with Crippen LogP contribution >= 0.6 is 11.3 Å². The van der Waals surface area contributed by atoms with Gasteiger partial charge in [0.25, 0.3) is 0 Å². The summed E-state index contributed by atoms with van der Waals surface area (Å²) in [6.07, 6.45) is 0. The highest BCUT2D eigenvalue weighted by Gasteiger charge is 2.23. The minimum atomic E-state index is 0.712. The van der Waals surface area contributed by atoms with Crippen molar-refractivity contribution in [2.75, 3.05) is 0 Å². The van der Waals surface area contributed by atoms with Crippen LogP contribution in [-0.2, 0) is 0 Å². The predicted octanol–water partition coefficient (Wildman–Crippen LogP) is 16.4. The van der Waals surface area contributed by atoms with Crippen LogP contribution in [0, 0.1) is 0 Å². The number of aromatic nitrogens is 4. The van der Waals surface area contributed by atoms with Crippen LogP contribution in [0.1, 0.15) is 0 Å². The molecule has 5 heteroatoms. The van der Waals surface area contributed by atoms with Gasteiger partial charge in [-0.3, -0.25) is 0 Å². The minimum Gasteiger partial charge on any atom is -0.309 e. The van der Waals surface area contributed by atoms with Crippen molar-refractivity contribution in [1.82, 2.24) is 19.1 Å². The van der Waals surface area contributed by atoms with Gasteiger partial charge in [-0.25, -0.2) is 9.97 Å². The van der Waals surface area contributed by atoms with E-state index < -0.39 is 0 Å². The number of fused-ring (bicyclic) bond motifs is 11. The maximum atomic E-state index is 5.64. The van der Waals surface area contributed by atoms with Gasteiger partial charge in [-0.2, -0.15) is 0 Å². The number of para-hydroxylation sites is 4. The third-order valence-electron chi connectivity index (χ3n) is 13.8. The molecule has 0 atom stereocenters. The Labute approximate surface area is 375 Å². The van der Waals surface area contributed by atoms with Gasteiger partial charge in [-0.15, -0.1) is 11.3 Å². The average Bonchev–Trinajstić information content (AvgIpc) is 4.02. The van der Waals surface area contributed by atoms with E-state index in [1.54, 1.807) is 0 Å². The maximum absolute atomic E-state index is 5.64. The molecule has 15 rings (SSSR count). The van der Waals surface area contributed by atoms with Crippen LogP contribution < -0.4 is 0 Å². The molecular formula is C60H34N4S. The molecule has 4 nitrogen and oxygen atoms in total. The standard InChI is InChI=1S/C60H34N4S/c1-2-15-39(16-3-1)63-50-22-9-5-17-41(50)42-29-28-38(32-52(42)63)58-44-19-4-8-21-49(44)61-60(62-58)48-34-40(33-47-43-18-7-11-24-54(43)65-59(47)48)64-51-23-10-6-20-45(51)57-46-30-27-36-14-12-13-35-25-26-37(31-53(57)64)56(46)55(35)36/h1-34H. The summed E-state index contributed by atoms with van der Waals surface area (Å²) < 4.78 is 7.28. The van der Waals surface area contributed by atoms with Crippen molar-refractivity contribution in [3.05, 3.63) is 206 Å². The second-order valence-electron chi connectivity index (χ2n) is 17.3. The Bertz CT molecular complexity index is 4460.